The summed E-state index contributed by atoms with van der Waals surface area (Å²) < 4.78 is 70.8. The third-order valence-electron chi connectivity index (χ3n) is 7.36. The number of hydrogen-bond donors (Lipinski definition) is 1. The zero-order chi connectivity index (χ0) is 31.0. The Kier molecular flexibility index (Phi) is 7.71. The number of nitrogens with zero attached hydrogens (tertiary/aromatic N) is 4. The van der Waals surface area contributed by atoms with E-state index in [4.69, 9.17) is 14.7 Å². The van der Waals surface area contributed by atoms with Crippen molar-refractivity contribution in [2.24, 2.45) is 0 Å². The van der Waals surface area contributed by atoms with E-state index < -0.39 is 47.3 Å². The van der Waals surface area contributed by atoms with E-state index in [0.29, 0.717) is 41.6 Å². The van der Waals surface area contributed by atoms with E-state index in [1.165, 1.54) is 30.3 Å². The average molecular weight is 603 g/mol. The minimum Gasteiger partial charge on any atom is -0.478 e. The number of rotatable bonds is 9. The number of halogens is 4. The zero-order valence-corrected chi connectivity index (χ0v) is 22.9. The normalized spacial score (nSPS) is 14.3. The van der Waals surface area contributed by atoms with E-state index >= 15 is 4.39 Å². The van der Waals surface area contributed by atoms with Gasteiger partial charge in [-0.05, 0) is 66.6 Å². The lowest BCUT2D eigenvalue weighted by Crippen LogP contribution is -2.31. The molecular formula is C32H22F4N4O4. The highest BCUT2D eigenvalue weighted by Crippen LogP contribution is 2.29. The Bertz CT molecular complexity index is 1970. The van der Waals surface area contributed by atoms with E-state index in [1.54, 1.807) is 18.2 Å². The van der Waals surface area contributed by atoms with Gasteiger partial charge in [-0.25, -0.2) is 32.3 Å². The lowest BCUT2D eigenvalue weighted by Gasteiger charge is -2.27. The van der Waals surface area contributed by atoms with E-state index in [9.17, 15) is 23.1 Å². The van der Waals surface area contributed by atoms with Crippen molar-refractivity contribution in [3.63, 3.8) is 0 Å². The van der Waals surface area contributed by atoms with Crippen LogP contribution in [0.4, 0.5) is 17.6 Å². The van der Waals surface area contributed by atoms with Crippen molar-refractivity contribution < 1.29 is 36.9 Å². The summed E-state index contributed by atoms with van der Waals surface area (Å²) in [4.78, 5) is 20.3. The van der Waals surface area contributed by atoms with E-state index in [-0.39, 0.29) is 34.9 Å². The molecule has 1 fully saturated rings. The van der Waals surface area contributed by atoms with Gasteiger partial charge in [0.15, 0.2) is 5.82 Å². The molecule has 1 aliphatic rings. The van der Waals surface area contributed by atoms with Crippen molar-refractivity contribution >= 4 is 17.0 Å². The maximum Gasteiger partial charge on any atom is 0.335 e. The molecule has 6 rings (SSSR count). The fourth-order valence-corrected chi connectivity index (χ4v) is 4.94. The lowest BCUT2D eigenvalue weighted by molar-refractivity contribution is -0.0589. The monoisotopic (exact) mass is 602 g/mol. The standard InChI is InChI=1S/C32H22F4N4O4/c33-23-4-6-27(39-31(23)44-16-20-12-24(34)19(14-37)11-25(20)35)22-3-1-17(9-26(22)36)10-30-38-28-5-2-18(32(41)42)13-29(28)40(30)15-21-7-8-43-21/h1-6,9,11-13,21H,7-8,10,15-16H2,(H,41,42)/t21-/m0/s1. The summed E-state index contributed by atoms with van der Waals surface area (Å²) in [6.07, 6.45) is 1.06. The van der Waals surface area contributed by atoms with Gasteiger partial charge >= 0.3 is 5.97 Å². The van der Waals surface area contributed by atoms with Gasteiger partial charge in [-0.15, -0.1) is 0 Å². The topological polar surface area (TPSA) is 110 Å². The molecule has 1 aliphatic heterocycles. The number of hydrogen-bond acceptors (Lipinski definition) is 6. The van der Waals surface area contributed by atoms with Crippen LogP contribution in [0.15, 0.2) is 60.7 Å². The van der Waals surface area contributed by atoms with Gasteiger partial charge in [0.1, 0.15) is 36.0 Å². The Balaban J connectivity index is 1.25. The summed E-state index contributed by atoms with van der Waals surface area (Å²) in [6.45, 7) is 0.537. The van der Waals surface area contributed by atoms with E-state index in [0.717, 1.165) is 18.6 Å². The molecule has 0 saturated carbocycles. The molecule has 222 valence electrons. The van der Waals surface area contributed by atoms with Crippen LogP contribution in [-0.4, -0.2) is 38.3 Å². The van der Waals surface area contributed by atoms with Gasteiger partial charge in [0.25, 0.3) is 5.88 Å². The Labute approximate surface area is 247 Å². The molecule has 1 atom stereocenters. The molecule has 8 nitrogen and oxygen atoms in total. The van der Waals surface area contributed by atoms with Crippen LogP contribution in [0.2, 0.25) is 0 Å². The smallest absolute Gasteiger partial charge is 0.335 e. The predicted molar refractivity (Wildman–Crippen MR) is 149 cm³/mol. The van der Waals surface area contributed by atoms with Crippen LogP contribution < -0.4 is 4.74 Å². The summed E-state index contributed by atoms with van der Waals surface area (Å²) in [7, 11) is 0. The number of carboxylic acid groups (broad SMARTS) is 1. The quantitative estimate of drug-likeness (QED) is 0.201. The Morgan fingerprint density at radius 1 is 1.00 bits per heavy atom. The predicted octanol–water partition coefficient (Wildman–Crippen LogP) is 6.18. The molecule has 0 amide bonds. The minimum atomic E-state index is -1.06. The second-order valence-corrected chi connectivity index (χ2v) is 10.2. The molecule has 0 radical (unpaired) electrons. The van der Waals surface area contributed by atoms with Crippen molar-refractivity contribution in [2.75, 3.05) is 6.61 Å². The molecule has 1 saturated heterocycles. The lowest BCUT2D eigenvalue weighted by atomic mass is 10.0. The Hall–Kier alpha value is -5.28. The molecule has 0 spiro atoms. The third-order valence-corrected chi connectivity index (χ3v) is 7.36. The Morgan fingerprint density at radius 2 is 1.82 bits per heavy atom. The van der Waals surface area contributed by atoms with Crippen LogP contribution in [-0.2, 0) is 24.3 Å². The summed E-state index contributed by atoms with van der Waals surface area (Å²) in [5, 5.41) is 18.3. The average Bonchev–Trinajstić information content (AvgIpc) is 3.31. The first kappa shape index (κ1) is 28.8. The van der Waals surface area contributed by atoms with Crippen molar-refractivity contribution in [3.8, 4) is 23.2 Å². The van der Waals surface area contributed by atoms with Gasteiger partial charge in [-0.2, -0.15) is 5.26 Å². The first-order valence-corrected chi connectivity index (χ1v) is 13.5. The SMILES string of the molecule is N#Cc1cc(F)c(COc2nc(-c3ccc(Cc4nc5ccc(C(=O)O)cc5n4C[C@@H]4CCO4)cc3F)ccc2F)cc1F. The summed E-state index contributed by atoms with van der Waals surface area (Å²) in [5.41, 5.74) is 1.31. The molecule has 12 heteroatoms. The van der Waals surface area contributed by atoms with Crippen LogP contribution in [0.5, 0.6) is 5.88 Å². The molecule has 0 unspecified atom stereocenters. The van der Waals surface area contributed by atoms with Crippen LogP contribution in [0, 0.1) is 34.6 Å². The van der Waals surface area contributed by atoms with Crippen LogP contribution >= 0.6 is 0 Å². The number of carboxylic acids is 1. The number of aromatic carboxylic acids is 1. The molecule has 0 bridgehead atoms. The molecule has 1 N–H and O–H groups in total. The molecule has 5 aromatic rings. The molecule has 3 aromatic carbocycles. The summed E-state index contributed by atoms with van der Waals surface area (Å²) in [5.74, 6) is -4.38. The summed E-state index contributed by atoms with van der Waals surface area (Å²) in [6, 6.07) is 14.5. The van der Waals surface area contributed by atoms with E-state index in [2.05, 4.69) is 9.97 Å². The minimum absolute atomic E-state index is 0.0351. The highest BCUT2D eigenvalue weighted by atomic mass is 19.1. The molecule has 2 aromatic heterocycles. The number of carbonyl (C=O) groups is 1. The number of pyridine rings is 1. The second-order valence-electron chi connectivity index (χ2n) is 10.2. The largest absolute Gasteiger partial charge is 0.478 e. The van der Waals surface area contributed by atoms with Gasteiger partial charge in [0.05, 0.1) is 40.5 Å². The van der Waals surface area contributed by atoms with Gasteiger partial charge in [0, 0.05) is 24.2 Å². The number of nitriles is 1. The van der Waals surface area contributed by atoms with Gasteiger partial charge in [-0.1, -0.05) is 6.07 Å². The van der Waals surface area contributed by atoms with Gasteiger partial charge < -0.3 is 19.1 Å². The first-order chi connectivity index (χ1) is 21.2. The van der Waals surface area contributed by atoms with Crippen LogP contribution in [0.25, 0.3) is 22.3 Å². The van der Waals surface area contributed by atoms with Gasteiger partial charge in [-0.3, -0.25) is 0 Å². The second kappa shape index (κ2) is 11.8. The number of imidazole rings is 1. The Morgan fingerprint density at radius 3 is 2.52 bits per heavy atom. The maximum atomic E-state index is 15.4. The third kappa shape index (κ3) is 5.69. The fourth-order valence-electron chi connectivity index (χ4n) is 4.94. The number of benzene rings is 3. The first-order valence-electron chi connectivity index (χ1n) is 13.5. The fraction of sp³-hybridized carbons (Fsp3) is 0.188. The number of aromatic nitrogens is 3. The number of ether oxygens (including phenoxy) is 2. The van der Waals surface area contributed by atoms with Crippen molar-refractivity contribution in [3.05, 3.63) is 112 Å². The van der Waals surface area contributed by atoms with Crippen LogP contribution in [0.3, 0.4) is 0 Å². The number of fused-ring (bicyclic) bond motifs is 1. The maximum absolute atomic E-state index is 15.4. The zero-order valence-electron chi connectivity index (χ0n) is 22.9. The highest BCUT2D eigenvalue weighted by Gasteiger charge is 2.23. The van der Waals surface area contributed by atoms with E-state index in [1.807, 2.05) is 4.57 Å². The van der Waals surface area contributed by atoms with Crippen molar-refractivity contribution in [2.45, 2.75) is 32.1 Å². The molecule has 3 heterocycles. The summed E-state index contributed by atoms with van der Waals surface area (Å²) >= 11 is 0. The molecular weight excluding hydrogens is 580 g/mol. The molecule has 0 aliphatic carbocycles. The van der Waals surface area contributed by atoms with Gasteiger partial charge in [0.2, 0.25) is 0 Å². The highest BCUT2D eigenvalue weighted by molar-refractivity contribution is 5.92. The van der Waals surface area contributed by atoms with Crippen LogP contribution in [0.1, 0.15) is 39.3 Å². The van der Waals surface area contributed by atoms with Crippen molar-refractivity contribution in [1.82, 2.24) is 14.5 Å². The van der Waals surface area contributed by atoms with Crippen molar-refractivity contribution in [1.29, 1.82) is 5.26 Å². The molecule has 44 heavy (non-hydrogen) atoms.